The molecule has 0 bridgehead atoms. The average Bonchev–Trinajstić information content (AvgIpc) is 2.09. The lowest BCUT2D eigenvalue weighted by Crippen LogP contribution is -1.96. The van der Waals surface area contributed by atoms with Gasteiger partial charge in [-0.15, -0.1) is 0 Å². The zero-order valence-corrected chi connectivity index (χ0v) is 9.54. The molecule has 14 heavy (non-hydrogen) atoms. The van der Waals surface area contributed by atoms with Crippen LogP contribution in [0.25, 0.3) is 0 Å². The normalized spacial score (nSPS) is 11.5. The molecule has 0 saturated carbocycles. The van der Waals surface area contributed by atoms with Gasteiger partial charge in [0.15, 0.2) is 0 Å². The van der Waals surface area contributed by atoms with Crippen LogP contribution in [0.3, 0.4) is 0 Å². The van der Waals surface area contributed by atoms with Crippen LogP contribution in [-0.2, 0) is 6.42 Å². The first-order chi connectivity index (χ1) is 6.63. The zero-order valence-electron chi connectivity index (χ0n) is 9.54. The van der Waals surface area contributed by atoms with E-state index in [-0.39, 0.29) is 0 Å². The van der Waals surface area contributed by atoms with Gasteiger partial charge in [-0.1, -0.05) is 32.0 Å². The molecule has 0 fully saturated rings. The third kappa shape index (κ3) is 2.99. The van der Waals surface area contributed by atoms with Gasteiger partial charge in [-0.3, -0.25) is 4.99 Å². The number of hydrogen-bond donors (Lipinski definition) is 0. The number of aryl methyl sites for hydroxylation is 1. The second-order valence-corrected chi connectivity index (χ2v) is 4.18. The third-order valence-electron chi connectivity index (χ3n) is 2.25. The molecule has 0 spiro atoms. The fourth-order valence-corrected chi connectivity index (χ4v) is 1.62. The van der Waals surface area contributed by atoms with Crippen molar-refractivity contribution in [2.45, 2.75) is 27.2 Å². The van der Waals surface area contributed by atoms with Gasteiger partial charge in [0, 0.05) is 13.3 Å². The quantitative estimate of drug-likeness (QED) is 0.647. The van der Waals surface area contributed by atoms with Crippen LogP contribution in [-0.4, -0.2) is 13.3 Å². The summed E-state index contributed by atoms with van der Waals surface area (Å²) in [6, 6.07) is 6.61. The van der Waals surface area contributed by atoms with E-state index in [1.54, 1.807) is 0 Å². The fourth-order valence-electron chi connectivity index (χ4n) is 1.62. The van der Waals surface area contributed by atoms with Crippen LogP contribution >= 0.6 is 0 Å². The maximum Gasteiger partial charge on any atom is 0.0284 e. The molecular weight excluding hydrogens is 170 g/mol. The SMILES string of the molecule is CN=Cc1ccc(CC(C)C)cc1C. The molecule has 0 aliphatic carbocycles. The highest BCUT2D eigenvalue weighted by atomic mass is 14.6. The van der Waals surface area contributed by atoms with Crippen molar-refractivity contribution in [1.82, 2.24) is 0 Å². The first-order valence-electron chi connectivity index (χ1n) is 5.15. The predicted octanol–water partition coefficient (Wildman–Crippen LogP) is 3.24. The first kappa shape index (κ1) is 11.0. The van der Waals surface area contributed by atoms with Crippen LogP contribution in [0.4, 0.5) is 0 Å². The molecule has 0 aromatic heterocycles. The Kier molecular flexibility index (Phi) is 3.87. The van der Waals surface area contributed by atoms with Crippen LogP contribution in [0, 0.1) is 12.8 Å². The summed E-state index contributed by atoms with van der Waals surface area (Å²) in [5, 5.41) is 0. The Labute approximate surface area is 86.9 Å². The molecule has 0 amide bonds. The van der Waals surface area contributed by atoms with Crippen molar-refractivity contribution in [2.24, 2.45) is 10.9 Å². The summed E-state index contributed by atoms with van der Waals surface area (Å²) in [6.45, 7) is 6.63. The molecular formula is C13H19N. The van der Waals surface area contributed by atoms with E-state index in [1.807, 2.05) is 13.3 Å². The summed E-state index contributed by atoms with van der Waals surface area (Å²) < 4.78 is 0. The minimum atomic E-state index is 0.722. The smallest absolute Gasteiger partial charge is 0.0284 e. The van der Waals surface area contributed by atoms with Gasteiger partial charge in [0.05, 0.1) is 0 Å². The largest absolute Gasteiger partial charge is 0.296 e. The van der Waals surface area contributed by atoms with E-state index in [1.165, 1.54) is 16.7 Å². The van der Waals surface area contributed by atoms with Gasteiger partial charge in [0.2, 0.25) is 0 Å². The van der Waals surface area contributed by atoms with Crippen LogP contribution in [0.5, 0.6) is 0 Å². The van der Waals surface area contributed by atoms with Gasteiger partial charge in [0.1, 0.15) is 0 Å². The molecule has 0 aliphatic rings. The van der Waals surface area contributed by atoms with Crippen LogP contribution < -0.4 is 0 Å². The monoisotopic (exact) mass is 189 g/mol. The lowest BCUT2D eigenvalue weighted by atomic mass is 9.99. The Hall–Kier alpha value is -1.11. The van der Waals surface area contributed by atoms with Gasteiger partial charge in [-0.25, -0.2) is 0 Å². The summed E-state index contributed by atoms with van der Waals surface area (Å²) >= 11 is 0. The minimum absolute atomic E-state index is 0.722. The summed E-state index contributed by atoms with van der Waals surface area (Å²) in [5.74, 6) is 0.722. The van der Waals surface area contributed by atoms with Crippen molar-refractivity contribution in [3.05, 3.63) is 34.9 Å². The van der Waals surface area contributed by atoms with E-state index < -0.39 is 0 Å². The van der Waals surface area contributed by atoms with Crippen LogP contribution in [0.15, 0.2) is 23.2 Å². The first-order valence-corrected chi connectivity index (χ1v) is 5.15. The van der Waals surface area contributed by atoms with Gasteiger partial charge in [-0.05, 0) is 36.0 Å². The highest BCUT2D eigenvalue weighted by Gasteiger charge is 2.00. The molecule has 0 saturated heterocycles. The Morgan fingerprint density at radius 2 is 2.07 bits per heavy atom. The number of aliphatic imine (C=N–C) groups is 1. The van der Waals surface area contributed by atoms with E-state index in [0.29, 0.717) is 0 Å². The van der Waals surface area contributed by atoms with Crippen molar-refractivity contribution in [3.8, 4) is 0 Å². The van der Waals surface area contributed by atoms with Crippen molar-refractivity contribution < 1.29 is 0 Å². The van der Waals surface area contributed by atoms with E-state index in [2.05, 4.69) is 44.0 Å². The van der Waals surface area contributed by atoms with E-state index in [4.69, 9.17) is 0 Å². The molecule has 76 valence electrons. The molecule has 0 aliphatic heterocycles. The fraction of sp³-hybridized carbons (Fsp3) is 0.462. The average molecular weight is 189 g/mol. The molecule has 0 radical (unpaired) electrons. The Balaban J connectivity index is 2.88. The summed E-state index contributed by atoms with van der Waals surface area (Å²) in [7, 11) is 1.81. The van der Waals surface area contributed by atoms with E-state index in [9.17, 15) is 0 Å². The lowest BCUT2D eigenvalue weighted by Gasteiger charge is -2.07. The number of benzene rings is 1. The maximum absolute atomic E-state index is 4.03. The molecule has 1 aromatic carbocycles. The summed E-state index contributed by atoms with van der Waals surface area (Å²) in [6.07, 6.45) is 3.07. The van der Waals surface area contributed by atoms with Crippen LogP contribution in [0.1, 0.15) is 30.5 Å². The minimum Gasteiger partial charge on any atom is -0.296 e. The van der Waals surface area contributed by atoms with Crippen molar-refractivity contribution >= 4 is 6.21 Å². The van der Waals surface area contributed by atoms with Crippen molar-refractivity contribution in [2.75, 3.05) is 7.05 Å². The van der Waals surface area contributed by atoms with Gasteiger partial charge >= 0.3 is 0 Å². The summed E-state index contributed by atoms with van der Waals surface area (Å²) in [5.41, 5.74) is 3.96. The molecule has 0 heterocycles. The molecule has 0 unspecified atom stereocenters. The highest BCUT2D eigenvalue weighted by Crippen LogP contribution is 2.13. The molecule has 1 heteroatoms. The second kappa shape index (κ2) is 4.94. The standard InChI is InChI=1S/C13H19N/c1-10(2)7-12-5-6-13(9-14-4)11(3)8-12/h5-6,8-10H,7H2,1-4H3. The third-order valence-corrected chi connectivity index (χ3v) is 2.25. The molecule has 1 nitrogen and oxygen atoms in total. The number of nitrogens with zero attached hydrogens (tertiary/aromatic N) is 1. The Morgan fingerprint density at radius 1 is 1.36 bits per heavy atom. The van der Waals surface area contributed by atoms with Crippen molar-refractivity contribution in [3.63, 3.8) is 0 Å². The lowest BCUT2D eigenvalue weighted by molar-refractivity contribution is 0.647. The molecule has 1 aromatic rings. The van der Waals surface area contributed by atoms with E-state index >= 15 is 0 Å². The Bertz CT molecular complexity index is 324. The van der Waals surface area contributed by atoms with E-state index in [0.717, 1.165) is 12.3 Å². The Morgan fingerprint density at radius 3 is 2.57 bits per heavy atom. The van der Waals surface area contributed by atoms with Crippen molar-refractivity contribution in [1.29, 1.82) is 0 Å². The maximum atomic E-state index is 4.03. The van der Waals surface area contributed by atoms with Gasteiger partial charge in [-0.2, -0.15) is 0 Å². The number of hydrogen-bond acceptors (Lipinski definition) is 1. The molecule has 0 atom stereocenters. The second-order valence-electron chi connectivity index (χ2n) is 4.18. The van der Waals surface area contributed by atoms with Crippen LogP contribution in [0.2, 0.25) is 0 Å². The molecule has 0 N–H and O–H groups in total. The molecule has 1 rings (SSSR count). The topological polar surface area (TPSA) is 12.4 Å². The number of rotatable bonds is 3. The zero-order chi connectivity index (χ0) is 10.6. The summed E-state index contributed by atoms with van der Waals surface area (Å²) in [4.78, 5) is 4.03. The van der Waals surface area contributed by atoms with Gasteiger partial charge in [0.25, 0.3) is 0 Å². The predicted molar refractivity (Wildman–Crippen MR) is 63.2 cm³/mol. The van der Waals surface area contributed by atoms with Gasteiger partial charge < -0.3 is 0 Å². The highest BCUT2D eigenvalue weighted by molar-refractivity contribution is 5.81.